The molecule has 0 bridgehead atoms. The van der Waals surface area contributed by atoms with Gasteiger partial charge in [0.15, 0.2) is 6.10 Å². The first-order valence-electron chi connectivity index (χ1n) is 9.72. The summed E-state index contributed by atoms with van der Waals surface area (Å²) in [5.41, 5.74) is 3.97. The van der Waals surface area contributed by atoms with E-state index in [1.165, 1.54) is 10.1 Å². The van der Waals surface area contributed by atoms with E-state index in [4.69, 9.17) is 4.74 Å². The van der Waals surface area contributed by atoms with E-state index >= 15 is 0 Å². The molecule has 2 atom stereocenters. The number of carbonyl (C=O) groups is 2. The normalized spacial score (nSPS) is 16.9. The fraction of sp³-hybridized carbons (Fsp3) is 0.381. The number of esters is 1. The number of nitrogens with one attached hydrogen (secondary N) is 1. The van der Waals surface area contributed by atoms with Crippen molar-refractivity contribution in [1.82, 2.24) is 24.9 Å². The molecule has 29 heavy (non-hydrogen) atoms. The molecule has 0 fully saturated rings. The Morgan fingerprint density at radius 3 is 2.86 bits per heavy atom. The molecule has 150 valence electrons. The molecule has 8 heteroatoms. The zero-order valence-electron chi connectivity index (χ0n) is 16.7. The van der Waals surface area contributed by atoms with Crippen LogP contribution in [0.5, 0.6) is 0 Å². The van der Waals surface area contributed by atoms with E-state index in [2.05, 4.69) is 26.4 Å². The van der Waals surface area contributed by atoms with Crippen LogP contribution in [-0.4, -0.2) is 37.6 Å². The Balaban J connectivity index is 1.44. The number of benzene rings is 1. The molecule has 0 spiro atoms. The number of hydrogen-bond donors (Lipinski definition) is 1. The number of amides is 1. The van der Waals surface area contributed by atoms with Gasteiger partial charge in [-0.15, -0.1) is 5.10 Å². The molecule has 8 nitrogen and oxygen atoms in total. The molecule has 0 radical (unpaired) electrons. The van der Waals surface area contributed by atoms with Crippen LogP contribution in [0.2, 0.25) is 0 Å². The predicted octanol–water partition coefficient (Wildman–Crippen LogP) is 2.48. The van der Waals surface area contributed by atoms with Gasteiger partial charge in [-0.05, 0) is 57.2 Å². The molecular weight excluding hydrogens is 370 g/mol. The second-order valence-corrected chi connectivity index (χ2v) is 7.39. The lowest BCUT2D eigenvalue weighted by Crippen LogP contribution is -2.39. The molecule has 0 saturated heterocycles. The Morgan fingerprint density at radius 2 is 2.03 bits per heavy atom. The molecule has 2 heterocycles. The van der Waals surface area contributed by atoms with E-state index in [-0.39, 0.29) is 17.8 Å². The Labute approximate surface area is 168 Å². The summed E-state index contributed by atoms with van der Waals surface area (Å²) in [6, 6.07) is 9.87. The van der Waals surface area contributed by atoms with E-state index in [0.29, 0.717) is 5.78 Å². The number of ether oxygens (including phenoxy) is 1. The van der Waals surface area contributed by atoms with Gasteiger partial charge in [0.05, 0.1) is 6.04 Å². The second-order valence-electron chi connectivity index (χ2n) is 7.39. The number of carbonyl (C=O) groups excluding carboxylic acids is 2. The summed E-state index contributed by atoms with van der Waals surface area (Å²) in [5, 5.41) is 7.15. The van der Waals surface area contributed by atoms with Gasteiger partial charge >= 0.3 is 5.97 Å². The van der Waals surface area contributed by atoms with Gasteiger partial charge < -0.3 is 10.1 Å². The van der Waals surface area contributed by atoms with Crippen molar-refractivity contribution in [2.75, 3.05) is 0 Å². The summed E-state index contributed by atoms with van der Waals surface area (Å²) in [5.74, 6) is -0.882. The second kappa shape index (κ2) is 7.62. The maximum atomic E-state index is 12.6. The Bertz CT molecular complexity index is 1090. The van der Waals surface area contributed by atoms with E-state index in [1.807, 2.05) is 38.1 Å². The fourth-order valence-electron chi connectivity index (χ4n) is 3.71. The zero-order valence-corrected chi connectivity index (χ0v) is 16.7. The summed E-state index contributed by atoms with van der Waals surface area (Å²) < 4.78 is 6.79. The molecule has 1 aromatic carbocycles. The third-order valence-electron chi connectivity index (χ3n) is 5.14. The number of nitrogens with zero attached hydrogens (tertiary/aromatic N) is 4. The fourth-order valence-corrected chi connectivity index (χ4v) is 3.71. The molecule has 0 saturated carbocycles. The molecule has 0 unspecified atom stereocenters. The standard InChI is InChI=1S/C21H23N5O3/c1-12-11-13(2)26-21(22-12)24-18(25-26)20(28)29-14(3)19(27)23-17-10-6-8-15-7-4-5-9-16(15)17/h4-5,7,9,11,14,17H,6,8,10H2,1-3H3,(H,23,27)/t14-,17-/m1/s1. The first kappa shape index (κ1) is 19.0. The van der Waals surface area contributed by atoms with Crippen LogP contribution in [0.3, 0.4) is 0 Å². The first-order valence-corrected chi connectivity index (χ1v) is 9.72. The van der Waals surface area contributed by atoms with Crippen LogP contribution >= 0.6 is 0 Å². The third kappa shape index (κ3) is 3.83. The lowest BCUT2D eigenvalue weighted by atomic mass is 9.87. The highest BCUT2D eigenvalue weighted by molar-refractivity contribution is 5.89. The summed E-state index contributed by atoms with van der Waals surface area (Å²) in [7, 11) is 0. The van der Waals surface area contributed by atoms with Crippen molar-refractivity contribution in [3.05, 3.63) is 58.7 Å². The maximum absolute atomic E-state index is 12.6. The van der Waals surface area contributed by atoms with Gasteiger partial charge in [-0.3, -0.25) is 4.79 Å². The maximum Gasteiger partial charge on any atom is 0.379 e. The number of rotatable bonds is 4. The summed E-state index contributed by atoms with van der Waals surface area (Å²) in [4.78, 5) is 33.4. The number of fused-ring (bicyclic) bond motifs is 2. The highest BCUT2D eigenvalue weighted by Gasteiger charge is 2.27. The SMILES string of the molecule is Cc1cc(C)n2nc(C(=O)O[C@H](C)C(=O)N[C@@H]3CCCc4ccccc43)nc2n1. The average molecular weight is 393 g/mol. The topological polar surface area (TPSA) is 98.5 Å². The van der Waals surface area contributed by atoms with Crippen LogP contribution in [0.4, 0.5) is 0 Å². The minimum atomic E-state index is -0.959. The minimum absolute atomic E-state index is 0.0725. The highest BCUT2D eigenvalue weighted by atomic mass is 16.5. The minimum Gasteiger partial charge on any atom is -0.447 e. The van der Waals surface area contributed by atoms with Gasteiger partial charge in [0.2, 0.25) is 0 Å². The molecule has 4 rings (SSSR count). The van der Waals surface area contributed by atoms with E-state index in [1.54, 1.807) is 6.92 Å². The predicted molar refractivity (Wildman–Crippen MR) is 105 cm³/mol. The molecule has 2 aromatic heterocycles. The number of aryl methyl sites for hydroxylation is 3. The van der Waals surface area contributed by atoms with Crippen molar-refractivity contribution in [3.8, 4) is 0 Å². The van der Waals surface area contributed by atoms with Crippen molar-refractivity contribution < 1.29 is 14.3 Å². The number of aromatic nitrogens is 4. The quantitative estimate of drug-likeness (QED) is 0.684. The van der Waals surface area contributed by atoms with Gasteiger partial charge in [-0.2, -0.15) is 4.98 Å². The largest absolute Gasteiger partial charge is 0.447 e. The van der Waals surface area contributed by atoms with Crippen molar-refractivity contribution >= 4 is 17.7 Å². The van der Waals surface area contributed by atoms with Crippen LogP contribution in [0, 0.1) is 13.8 Å². The molecule has 1 aliphatic carbocycles. The van der Waals surface area contributed by atoms with Gasteiger partial charge in [-0.25, -0.2) is 14.3 Å². The van der Waals surface area contributed by atoms with Gasteiger partial charge in [0.1, 0.15) is 0 Å². The Morgan fingerprint density at radius 1 is 1.24 bits per heavy atom. The highest BCUT2D eigenvalue weighted by Crippen LogP contribution is 2.29. The van der Waals surface area contributed by atoms with Crippen molar-refractivity contribution in [1.29, 1.82) is 0 Å². The van der Waals surface area contributed by atoms with Crippen LogP contribution in [-0.2, 0) is 16.0 Å². The monoisotopic (exact) mass is 393 g/mol. The van der Waals surface area contributed by atoms with E-state index < -0.39 is 12.1 Å². The lowest BCUT2D eigenvalue weighted by molar-refractivity contribution is -0.130. The Kier molecular flexibility index (Phi) is 5.00. The smallest absolute Gasteiger partial charge is 0.379 e. The average Bonchev–Trinajstić information content (AvgIpc) is 3.13. The molecule has 1 N–H and O–H groups in total. The van der Waals surface area contributed by atoms with E-state index in [0.717, 1.165) is 36.2 Å². The van der Waals surface area contributed by atoms with Gasteiger partial charge in [-0.1, -0.05) is 24.3 Å². The first-order chi connectivity index (χ1) is 13.9. The van der Waals surface area contributed by atoms with Gasteiger partial charge in [0, 0.05) is 11.4 Å². The summed E-state index contributed by atoms with van der Waals surface area (Å²) in [6.45, 7) is 5.24. The van der Waals surface area contributed by atoms with Crippen molar-refractivity contribution in [2.45, 2.75) is 52.2 Å². The number of hydrogen-bond acceptors (Lipinski definition) is 6. The summed E-state index contributed by atoms with van der Waals surface area (Å²) in [6.07, 6.45) is 1.92. The molecule has 0 aliphatic heterocycles. The molecular formula is C21H23N5O3. The van der Waals surface area contributed by atoms with Crippen LogP contribution in [0.1, 0.15) is 58.9 Å². The van der Waals surface area contributed by atoms with Crippen LogP contribution in [0.25, 0.3) is 5.78 Å². The Hall–Kier alpha value is -3.29. The van der Waals surface area contributed by atoms with Crippen molar-refractivity contribution in [3.63, 3.8) is 0 Å². The van der Waals surface area contributed by atoms with Crippen molar-refractivity contribution in [2.24, 2.45) is 0 Å². The van der Waals surface area contributed by atoms with E-state index in [9.17, 15) is 9.59 Å². The van der Waals surface area contributed by atoms with Crippen LogP contribution < -0.4 is 5.32 Å². The molecule has 1 amide bonds. The molecule has 3 aromatic rings. The zero-order chi connectivity index (χ0) is 20.5. The third-order valence-corrected chi connectivity index (χ3v) is 5.14. The summed E-state index contributed by atoms with van der Waals surface area (Å²) >= 11 is 0. The molecule has 1 aliphatic rings. The van der Waals surface area contributed by atoms with Crippen LogP contribution in [0.15, 0.2) is 30.3 Å². The lowest BCUT2D eigenvalue weighted by Gasteiger charge is -2.27. The van der Waals surface area contributed by atoms with Gasteiger partial charge in [0.25, 0.3) is 17.5 Å².